The van der Waals surface area contributed by atoms with Gasteiger partial charge in [0.25, 0.3) is 11.8 Å². The molecule has 3 rings (SSSR count). The zero-order chi connectivity index (χ0) is 24.3. The van der Waals surface area contributed by atoms with Gasteiger partial charge in [0.1, 0.15) is 5.75 Å². The predicted molar refractivity (Wildman–Crippen MR) is 134 cm³/mol. The summed E-state index contributed by atoms with van der Waals surface area (Å²) in [5, 5.41) is 5.12. The Bertz CT molecular complexity index is 1210. The summed E-state index contributed by atoms with van der Waals surface area (Å²) in [6.45, 7) is 0. The molecule has 4 N–H and O–H groups in total. The van der Waals surface area contributed by atoms with E-state index in [0.717, 1.165) is 5.56 Å². The standard InChI is InChI=1S/C25H22N4O4S/c1-33-21-10-6-5-7-17(21)13-16-22(30)27-25(34)29-28-24(32)19-11-14-20(15-12-19)26-23(31)18-8-3-2-4-9-18/h2-16H,1H3,(H,26,31)(H,28,32)(H2,27,29,30,34). The van der Waals surface area contributed by atoms with Crippen molar-refractivity contribution in [2.45, 2.75) is 0 Å². The normalized spacial score (nSPS) is 10.3. The number of anilines is 1. The van der Waals surface area contributed by atoms with E-state index in [1.165, 1.54) is 6.08 Å². The maximum atomic E-state index is 12.3. The van der Waals surface area contributed by atoms with Gasteiger partial charge < -0.3 is 10.1 Å². The highest BCUT2D eigenvalue weighted by atomic mass is 32.1. The molecule has 34 heavy (non-hydrogen) atoms. The number of hydrogen-bond acceptors (Lipinski definition) is 5. The minimum atomic E-state index is -0.476. The molecule has 0 aliphatic carbocycles. The first-order valence-electron chi connectivity index (χ1n) is 10.1. The lowest BCUT2D eigenvalue weighted by Crippen LogP contribution is -2.48. The molecule has 172 valence electrons. The Morgan fingerprint density at radius 3 is 2.15 bits per heavy atom. The van der Waals surface area contributed by atoms with E-state index in [0.29, 0.717) is 22.6 Å². The number of amides is 3. The Morgan fingerprint density at radius 2 is 1.44 bits per heavy atom. The van der Waals surface area contributed by atoms with Crippen molar-refractivity contribution in [3.8, 4) is 5.75 Å². The first kappa shape index (κ1) is 24.1. The fraction of sp³-hybridized carbons (Fsp3) is 0.0400. The van der Waals surface area contributed by atoms with Crippen LogP contribution in [0.25, 0.3) is 6.08 Å². The topological polar surface area (TPSA) is 109 Å². The molecule has 0 fully saturated rings. The third-order valence-electron chi connectivity index (χ3n) is 4.52. The van der Waals surface area contributed by atoms with Crippen molar-refractivity contribution in [1.29, 1.82) is 0 Å². The van der Waals surface area contributed by atoms with Gasteiger partial charge in [-0.1, -0.05) is 36.4 Å². The van der Waals surface area contributed by atoms with Crippen LogP contribution >= 0.6 is 12.2 Å². The molecule has 0 heterocycles. The molecular weight excluding hydrogens is 452 g/mol. The summed E-state index contributed by atoms with van der Waals surface area (Å²) in [5.74, 6) is -0.566. The average Bonchev–Trinajstić information content (AvgIpc) is 2.87. The van der Waals surface area contributed by atoms with Crippen LogP contribution in [0.15, 0.2) is 84.9 Å². The Hall–Kier alpha value is -4.50. The highest BCUT2D eigenvalue weighted by molar-refractivity contribution is 7.80. The van der Waals surface area contributed by atoms with E-state index in [2.05, 4.69) is 21.5 Å². The summed E-state index contributed by atoms with van der Waals surface area (Å²) in [5.41, 5.74) is 7.01. The summed E-state index contributed by atoms with van der Waals surface area (Å²) in [6, 6.07) is 22.4. The summed E-state index contributed by atoms with van der Waals surface area (Å²) in [6.07, 6.45) is 2.89. The van der Waals surface area contributed by atoms with Gasteiger partial charge in [-0.2, -0.15) is 0 Å². The van der Waals surface area contributed by atoms with Gasteiger partial charge in [-0.15, -0.1) is 0 Å². The fourth-order valence-corrected chi connectivity index (χ4v) is 2.99. The van der Waals surface area contributed by atoms with Crippen LogP contribution in [0.5, 0.6) is 5.75 Å². The zero-order valence-corrected chi connectivity index (χ0v) is 19.0. The number of hydrazine groups is 1. The highest BCUT2D eigenvalue weighted by Crippen LogP contribution is 2.18. The van der Waals surface area contributed by atoms with Gasteiger partial charge >= 0.3 is 0 Å². The van der Waals surface area contributed by atoms with E-state index in [1.54, 1.807) is 73.8 Å². The molecule has 0 aromatic heterocycles. The van der Waals surface area contributed by atoms with Crippen molar-refractivity contribution in [2.24, 2.45) is 0 Å². The van der Waals surface area contributed by atoms with Crippen LogP contribution in [0.2, 0.25) is 0 Å². The quantitative estimate of drug-likeness (QED) is 0.248. The van der Waals surface area contributed by atoms with E-state index in [4.69, 9.17) is 17.0 Å². The monoisotopic (exact) mass is 474 g/mol. The third-order valence-corrected chi connectivity index (χ3v) is 4.72. The molecule has 0 saturated heterocycles. The van der Waals surface area contributed by atoms with Gasteiger partial charge in [-0.25, -0.2) is 0 Å². The maximum absolute atomic E-state index is 12.3. The number of hydrogen-bond donors (Lipinski definition) is 4. The van der Waals surface area contributed by atoms with Crippen molar-refractivity contribution >= 4 is 46.8 Å². The fourth-order valence-electron chi connectivity index (χ4n) is 2.84. The molecule has 0 aliphatic heterocycles. The predicted octanol–water partition coefficient (Wildman–Crippen LogP) is 3.30. The van der Waals surface area contributed by atoms with Crippen LogP contribution in [0.4, 0.5) is 5.69 Å². The Morgan fingerprint density at radius 1 is 0.794 bits per heavy atom. The van der Waals surface area contributed by atoms with Crippen LogP contribution in [0.3, 0.4) is 0 Å². The second-order valence-corrected chi connectivity index (χ2v) is 7.28. The van der Waals surface area contributed by atoms with Crippen molar-refractivity contribution in [3.05, 3.63) is 102 Å². The molecule has 0 spiro atoms. The lowest BCUT2D eigenvalue weighted by Gasteiger charge is -2.10. The average molecular weight is 475 g/mol. The van der Waals surface area contributed by atoms with Gasteiger partial charge in [0, 0.05) is 28.5 Å². The molecule has 3 aromatic rings. The number of methoxy groups -OCH3 is 1. The minimum absolute atomic E-state index is 0.0743. The van der Waals surface area contributed by atoms with Crippen LogP contribution < -0.4 is 26.2 Å². The number of thiocarbonyl (C=S) groups is 1. The molecule has 0 aliphatic rings. The number of nitrogens with one attached hydrogen (secondary N) is 4. The summed E-state index contributed by atoms with van der Waals surface area (Å²) < 4.78 is 5.22. The smallest absolute Gasteiger partial charge is 0.269 e. The Kier molecular flexibility index (Phi) is 8.48. The summed E-state index contributed by atoms with van der Waals surface area (Å²) in [7, 11) is 1.54. The first-order chi connectivity index (χ1) is 16.5. The van der Waals surface area contributed by atoms with Crippen LogP contribution in [0, 0.1) is 0 Å². The zero-order valence-electron chi connectivity index (χ0n) is 18.2. The third kappa shape index (κ3) is 7.01. The van der Waals surface area contributed by atoms with Gasteiger partial charge in [0.15, 0.2) is 5.11 Å². The van der Waals surface area contributed by atoms with E-state index in [9.17, 15) is 14.4 Å². The van der Waals surface area contributed by atoms with Gasteiger partial charge in [0.05, 0.1) is 7.11 Å². The molecule has 0 saturated carbocycles. The number of carbonyl (C=O) groups excluding carboxylic acids is 3. The largest absolute Gasteiger partial charge is 0.496 e. The van der Waals surface area contributed by atoms with Crippen LogP contribution in [-0.4, -0.2) is 29.9 Å². The van der Waals surface area contributed by atoms with Crippen molar-refractivity contribution < 1.29 is 19.1 Å². The summed E-state index contributed by atoms with van der Waals surface area (Å²) >= 11 is 5.03. The van der Waals surface area contributed by atoms with E-state index in [-0.39, 0.29) is 11.0 Å². The van der Waals surface area contributed by atoms with Gasteiger partial charge in [-0.3, -0.25) is 30.6 Å². The number of para-hydroxylation sites is 1. The highest BCUT2D eigenvalue weighted by Gasteiger charge is 2.09. The van der Waals surface area contributed by atoms with Crippen LogP contribution in [0.1, 0.15) is 26.3 Å². The van der Waals surface area contributed by atoms with E-state index >= 15 is 0 Å². The van der Waals surface area contributed by atoms with E-state index < -0.39 is 11.8 Å². The lowest BCUT2D eigenvalue weighted by atomic mass is 10.2. The maximum Gasteiger partial charge on any atom is 0.269 e. The number of rotatable bonds is 6. The lowest BCUT2D eigenvalue weighted by molar-refractivity contribution is -0.115. The number of ether oxygens (including phenoxy) is 1. The molecule has 3 amide bonds. The van der Waals surface area contributed by atoms with Crippen molar-refractivity contribution in [1.82, 2.24) is 16.2 Å². The molecule has 0 bridgehead atoms. The molecule has 8 nitrogen and oxygen atoms in total. The first-order valence-corrected chi connectivity index (χ1v) is 10.6. The Labute approximate surface area is 202 Å². The molecule has 0 radical (unpaired) electrons. The van der Waals surface area contributed by atoms with Crippen molar-refractivity contribution in [3.63, 3.8) is 0 Å². The van der Waals surface area contributed by atoms with Gasteiger partial charge in [-0.05, 0) is 60.8 Å². The molecule has 0 unspecified atom stereocenters. The molecule has 9 heteroatoms. The van der Waals surface area contributed by atoms with Crippen molar-refractivity contribution in [2.75, 3.05) is 12.4 Å². The number of benzene rings is 3. The second kappa shape index (κ2) is 11.9. The Balaban J connectivity index is 1.46. The van der Waals surface area contributed by atoms with Crippen LogP contribution in [-0.2, 0) is 4.79 Å². The SMILES string of the molecule is COc1ccccc1C=CC(=O)NC(=S)NNC(=O)c1ccc(NC(=O)c2ccccc2)cc1. The molecular formula is C25H22N4O4S. The molecule has 0 atom stereocenters. The van der Waals surface area contributed by atoms with E-state index in [1.807, 2.05) is 18.2 Å². The minimum Gasteiger partial charge on any atom is -0.496 e. The van der Waals surface area contributed by atoms with Gasteiger partial charge in [0.2, 0.25) is 5.91 Å². The second-order valence-electron chi connectivity index (χ2n) is 6.87. The summed E-state index contributed by atoms with van der Waals surface area (Å²) in [4.78, 5) is 36.6. The number of carbonyl (C=O) groups is 3. The molecule has 3 aromatic carbocycles.